The maximum atomic E-state index is 4.46. The van der Waals surface area contributed by atoms with E-state index < -0.39 is 0 Å². The molecule has 3 heteroatoms. The molecule has 0 saturated carbocycles. The molecule has 0 amide bonds. The molecule has 0 N–H and O–H groups in total. The van der Waals surface area contributed by atoms with Gasteiger partial charge in [0.15, 0.2) is 0 Å². The van der Waals surface area contributed by atoms with Crippen LogP contribution in [-0.2, 0) is 20.4 Å². The largest absolute Gasteiger partial charge is 2.00 e. The van der Waals surface area contributed by atoms with E-state index in [4.69, 9.17) is 0 Å². The number of hydrogen-bond acceptors (Lipinski definition) is 2. The number of hydrogen-bond donors (Lipinski definition) is 0. The van der Waals surface area contributed by atoms with Crippen molar-refractivity contribution in [1.82, 2.24) is 0 Å². The second-order valence-corrected chi connectivity index (χ2v) is 8.98. The molecule has 0 atom stereocenters. The molecule has 0 heterocycles. The summed E-state index contributed by atoms with van der Waals surface area (Å²) in [6, 6.07) is 59.1. The van der Waals surface area contributed by atoms with Gasteiger partial charge in [0, 0.05) is 0 Å². The molecule has 0 spiro atoms. The van der Waals surface area contributed by atoms with Crippen LogP contribution in [0.3, 0.4) is 0 Å². The van der Waals surface area contributed by atoms with Crippen LogP contribution in [0.25, 0.3) is 22.3 Å². The molecule has 6 rings (SSSR count). The van der Waals surface area contributed by atoms with Gasteiger partial charge in [0.1, 0.15) is 0 Å². The number of para-hydroxylation sites is 2. The third-order valence-electron chi connectivity index (χ3n) is 6.08. The molecule has 0 aliphatic rings. The number of benzene rings is 6. The molecule has 200 valence electrons. The van der Waals surface area contributed by atoms with Gasteiger partial charge < -0.3 is 9.98 Å². The van der Waals surface area contributed by atoms with E-state index in [1.54, 1.807) is 0 Å². The summed E-state index contributed by atoms with van der Waals surface area (Å²) in [6.45, 7) is 0. The molecule has 41 heavy (non-hydrogen) atoms. The van der Waals surface area contributed by atoms with Gasteiger partial charge in [-0.05, 0) is 47.8 Å². The minimum Gasteiger partial charge on any atom is -0.305 e. The monoisotopic (exact) mass is 618 g/mol. The van der Waals surface area contributed by atoms with E-state index in [0.29, 0.717) is 0 Å². The summed E-state index contributed by atoms with van der Waals surface area (Å²) in [6.07, 6.45) is 3.70. The number of nitrogens with zero attached hydrogens (tertiary/aromatic N) is 2. The van der Waals surface area contributed by atoms with Gasteiger partial charge >= 0.3 is 20.4 Å². The zero-order valence-corrected chi connectivity index (χ0v) is 23.9. The smallest absolute Gasteiger partial charge is 0.305 e. The molecule has 0 fully saturated rings. The van der Waals surface area contributed by atoms with E-state index in [-0.39, 0.29) is 20.4 Å². The first-order valence-electron chi connectivity index (χ1n) is 13.2. The van der Waals surface area contributed by atoms with Crippen molar-refractivity contribution in [1.29, 1.82) is 0 Å². The first-order valence-corrected chi connectivity index (χ1v) is 13.2. The summed E-state index contributed by atoms with van der Waals surface area (Å²) >= 11 is 0. The minimum atomic E-state index is 0. The van der Waals surface area contributed by atoms with Crippen molar-refractivity contribution in [3.63, 3.8) is 0 Å². The third-order valence-corrected chi connectivity index (χ3v) is 6.08. The molecule has 0 radical (unpaired) electrons. The zero-order chi connectivity index (χ0) is 27.2. The van der Waals surface area contributed by atoms with Crippen LogP contribution in [-0.4, -0.2) is 12.4 Å². The van der Waals surface area contributed by atoms with Crippen LogP contribution in [0, 0.1) is 12.1 Å². The fraction of sp³-hybridized carbons (Fsp3) is 0. The maximum Gasteiger partial charge on any atom is 2.00 e. The summed E-state index contributed by atoms with van der Waals surface area (Å²) in [5.41, 5.74) is 8.63. The molecule has 6 aromatic carbocycles. The van der Waals surface area contributed by atoms with Crippen molar-refractivity contribution >= 4 is 23.8 Å². The standard InChI is InChI=1S/2C19H14N.Pd/c2*1-3-9-17(10-4-1)18-11-7-8-16(14-18)15-20-19-12-5-2-6-13-19;/h2*1-7,9-15H;/q2*-1;+2. The van der Waals surface area contributed by atoms with Crippen LogP contribution < -0.4 is 0 Å². The van der Waals surface area contributed by atoms with Gasteiger partial charge in [-0.15, -0.1) is 70.8 Å². The Morgan fingerprint density at radius 3 is 1.10 bits per heavy atom. The molecule has 0 aliphatic heterocycles. The molecule has 0 aliphatic carbocycles. The van der Waals surface area contributed by atoms with Crippen LogP contribution in [0.4, 0.5) is 11.4 Å². The van der Waals surface area contributed by atoms with Gasteiger partial charge in [-0.1, -0.05) is 97.1 Å². The van der Waals surface area contributed by atoms with Gasteiger partial charge in [0.05, 0.1) is 11.4 Å². The summed E-state index contributed by atoms with van der Waals surface area (Å²) in [5.74, 6) is 0. The third kappa shape index (κ3) is 9.19. The normalized spacial score (nSPS) is 10.5. The van der Waals surface area contributed by atoms with E-state index in [1.165, 1.54) is 22.3 Å². The molecule has 0 bridgehead atoms. The quantitative estimate of drug-likeness (QED) is 0.101. The summed E-state index contributed by atoms with van der Waals surface area (Å²) in [7, 11) is 0. The van der Waals surface area contributed by atoms with Crippen LogP contribution >= 0.6 is 0 Å². The van der Waals surface area contributed by atoms with Crippen molar-refractivity contribution in [2.24, 2.45) is 9.98 Å². The predicted molar refractivity (Wildman–Crippen MR) is 169 cm³/mol. The molecule has 0 saturated heterocycles. The van der Waals surface area contributed by atoms with Crippen LogP contribution in [0.2, 0.25) is 0 Å². The Bertz CT molecular complexity index is 1540. The Hall–Kier alpha value is -4.68. The fourth-order valence-electron chi connectivity index (χ4n) is 4.06. The second kappa shape index (κ2) is 15.8. The van der Waals surface area contributed by atoms with Crippen molar-refractivity contribution in [2.45, 2.75) is 0 Å². The van der Waals surface area contributed by atoms with Crippen molar-refractivity contribution < 1.29 is 20.4 Å². The number of rotatable bonds is 6. The second-order valence-electron chi connectivity index (χ2n) is 8.98. The van der Waals surface area contributed by atoms with Crippen molar-refractivity contribution in [3.8, 4) is 22.3 Å². The van der Waals surface area contributed by atoms with E-state index in [1.807, 2.05) is 122 Å². The van der Waals surface area contributed by atoms with Crippen LogP contribution in [0.1, 0.15) is 11.1 Å². The van der Waals surface area contributed by atoms with Crippen LogP contribution in [0.15, 0.2) is 168 Å². The number of aliphatic imine (C=N–C) groups is 2. The molecular formula is C38H28N2Pd. The predicted octanol–water partition coefficient (Wildman–Crippen LogP) is 9.81. The average molecular weight is 619 g/mol. The first-order chi connectivity index (χ1) is 19.8. The molecular weight excluding hydrogens is 591 g/mol. The Kier molecular flexibility index (Phi) is 11.3. The Morgan fingerprint density at radius 1 is 0.390 bits per heavy atom. The Balaban J connectivity index is 0.000000184. The Labute approximate surface area is 256 Å². The first kappa shape index (κ1) is 29.3. The SMILES string of the molecule is [Pd+2].[c-]1ccc(-c2ccccc2)cc1C=Nc1ccccc1.[c-]1ccc(-c2ccccc2)cc1C=Nc1ccccc1. The summed E-state index contributed by atoms with van der Waals surface area (Å²) in [5, 5.41) is 0. The van der Waals surface area contributed by atoms with Gasteiger partial charge in [0.25, 0.3) is 0 Å². The van der Waals surface area contributed by atoms with Crippen LogP contribution in [0.5, 0.6) is 0 Å². The molecule has 0 aromatic heterocycles. The van der Waals surface area contributed by atoms with Crippen molar-refractivity contribution in [3.05, 3.63) is 181 Å². The summed E-state index contributed by atoms with van der Waals surface area (Å²) < 4.78 is 0. The molecule has 2 nitrogen and oxygen atoms in total. The average Bonchev–Trinajstić information content (AvgIpc) is 3.05. The van der Waals surface area contributed by atoms with Gasteiger partial charge in [-0.25, -0.2) is 0 Å². The van der Waals surface area contributed by atoms with Gasteiger partial charge in [-0.3, -0.25) is 0 Å². The van der Waals surface area contributed by atoms with Gasteiger partial charge in [0.2, 0.25) is 0 Å². The molecule has 6 aromatic rings. The minimum absolute atomic E-state index is 0. The molecule has 0 unspecified atom stereocenters. The zero-order valence-electron chi connectivity index (χ0n) is 22.4. The van der Waals surface area contributed by atoms with Crippen molar-refractivity contribution in [2.75, 3.05) is 0 Å². The Morgan fingerprint density at radius 2 is 0.732 bits per heavy atom. The fourth-order valence-corrected chi connectivity index (χ4v) is 4.06. The summed E-state index contributed by atoms with van der Waals surface area (Å²) in [4.78, 5) is 8.91. The topological polar surface area (TPSA) is 24.7 Å². The van der Waals surface area contributed by atoms with E-state index in [0.717, 1.165) is 22.5 Å². The maximum absolute atomic E-state index is 4.46. The van der Waals surface area contributed by atoms with E-state index in [2.05, 4.69) is 70.6 Å². The van der Waals surface area contributed by atoms with E-state index in [9.17, 15) is 0 Å². The van der Waals surface area contributed by atoms with E-state index >= 15 is 0 Å². The van der Waals surface area contributed by atoms with Gasteiger partial charge in [-0.2, -0.15) is 0 Å².